The first-order chi connectivity index (χ1) is 10.2. The number of thioether (sulfide) groups is 1. The van der Waals surface area contributed by atoms with Crippen molar-refractivity contribution in [2.24, 2.45) is 0 Å². The van der Waals surface area contributed by atoms with Crippen LogP contribution in [0, 0.1) is 6.92 Å². The third-order valence-electron chi connectivity index (χ3n) is 2.84. The summed E-state index contributed by atoms with van der Waals surface area (Å²) in [4.78, 5) is 17.7. The molecule has 108 valence electrons. The van der Waals surface area contributed by atoms with Gasteiger partial charge >= 0.3 is 0 Å². The topological polar surface area (TPSA) is 42.0 Å². The highest BCUT2D eigenvalue weighted by Crippen LogP contribution is 2.25. The van der Waals surface area contributed by atoms with Gasteiger partial charge in [-0.3, -0.25) is 4.79 Å². The van der Waals surface area contributed by atoms with E-state index in [0.29, 0.717) is 5.75 Å². The van der Waals surface area contributed by atoms with E-state index in [1.807, 2.05) is 31.2 Å². The summed E-state index contributed by atoms with van der Waals surface area (Å²) in [6.07, 6.45) is 0. The van der Waals surface area contributed by atoms with Crippen LogP contribution in [0.1, 0.15) is 9.88 Å². The van der Waals surface area contributed by atoms with Crippen LogP contribution in [0.3, 0.4) is 0 Å². The summed E-state index contributed by atoms with van der Waals surface area (Å²) >= 11 is 5.00. The third-order valence-corrected chi connectivity index (χ3v) is 5.81. The van der Waals surface area contributed by atoms with Crippen LogP contribution < -0.4 is 5.32 Å². The number of hydrogen-bond donors (Lipinski definition) is 1. The van der Waals surface area contributed by atoms with Crippen molar-refractivity contribution in [1.82, 2.24) is 4.98 Å². The molecule has 0 bridgehead atoms. The minimum atomic E-state index is 0.0390. The van der Waals surface area contributed by atoms with Gasteiger partial charge in [0.1, 0.15) is 0 Å². The lowest BCUT2D eigenvalue weighted by Crippen LogP contribution is -2.13. The lowest BCUT2D eigenvalue weighted by Gasteiger charge is -2.04. The van der Waals surface area contributed by atoms with E-state index in [0.717, 1.165) is 26.7 Å². The molecule has 0 atom stereocenters. The first kappa shape index (κ1) is 14.6. The molecule has 2 aromatic heterocycles. The highest BCUT2D eigenvalue weighted by molar-refractivity contribution is 7.99. The van der Waals surface area contributed by atoms with E-state index < -0.39 is 0 Å². The number of anilines is 1. The number of benzene rings is 1. The number of carbonyl (C=O) groups is 1. The zero-order valence-electron chi connectivity index (χ0n) is 11.5. The number of carbonyl (C=O) groups excluding carboxylic acids is 1. The molecule has 3 aromatic rings. The van der Waals surface area contributed by atoms with Crippen molar-refractivity contribution < 1.29 is 4.79 Å². The summed E-state index contributed by atoms with van der Waals surface area (Å²) in [5.74, 6) is 1.40. The molecular weight excluding hydrogens is 320 g/mol. The zero-order chi connectivity index (χ0) is 14.7. The third kappa shape index (κ3) is 3.84. The van der Waals surface area contributed by atoms with E-state index in [9.17, 15) is 4.79 Å². The van der Waals surface area contributed by atoms with Crippen LogP contribution in [0.5, 0.6) is 0 Å². The van der Waals surface area contributed by atoms with Crippen molar-refractivity contribution in [3.63, 3.8) is 0 Å². The second-order valence-corrected chi connectivity index (χ2v) is 7.79. The van der Waals surface area contributed by atoms with Gasteiger partial charge in [0.2, 0.25) is 5.91 Å². The predicted molar refractivity (Wildman–Crippen MR) is 93.5 cm³/mol. The van der Waals surface area contributed by atoms with Crippen LogP contribution in [0.4, 0.5) is 5.69 Å². The minimum Gasteiger partial charge on any atom is -0.325 e. The molecule has 3 rings (SSSR count). The van der Waals surface area contributed by atoms with E-state index in [-0.39, 0.29) is 5.91 Å². The van der Waals surface area contributed by atoms with Crippen molar-refractivity contribution >= 4 is 56.2 Å². The Morgan fingerprint density at radius 1 is 1.38 bits per heavy atom. The number of nitrogens with one attached hydrogen (secondary N) is 1. The van der Waals surface area contributed by atoms with Crippen molar-refractivity contribution in [2.75, 3.05) is 11.1 Å². The van der Waals surface area contributed by atoms with Gasteiger partial charge in [0.05, 0.1) is 21.0 Å². The maximum Gasteiger partial charge on any atom is 0.234 e. The lowest BCUT2D eigenvalue weighted by atomic mass is 10.3. The average molecular weight is 334 g/mol. The largest absolute Gasteiger partial charge is 0.325 e. The molecule has 2 heterocycles. The van der Waals surface area contributed by atoms with E-state index in [2.05, 4.69) is 21.7 Å². The molecule has 0 fully saturated rings. The summed E-state index contributed by atoms with van der Waals surface area (Å²) in [6, 6.07) is 9.97. The van der Waals surface area contributed by atoms with Crippen molar-refractivity contribution in [3.05, 3.63) is 45.6 Å². The van der Waals surface area contributed by atoms with Gasteiger partial charge in [0.15, 0.2) is 0 Å². The monoisotopic (exact) mass is 334 g/mol. The predicted octanol–water partition coefficient (Wildman–Crippen LogP) is 4.54. The highest BCUT2D eigenvalue weighted by Gasteiger charge is 2.06. The molecule has 3 nitrogen and oxygen atoms in total. The van der Waals surface area contributed by atoms with E-state index >= 15 is 0 Å². The van der Waals surface area contributed by atoms with Gasteiger partial charge in [-0.2, -0.15) is 0 Å². The Morgan fingerprint density at radius 2 is 2.29 bits per heavy atom. The van der Waals surface area contributed by atoms with Crippen molar-refractivity contribution in [2.45, 2.75) is 12.7 Å². The number of thiophene rings is 1. The second-order valence-electron chi connectivity index (χ2n) is 4.54. The minimum absolute atomic E-state index is 0.0390. The number of fused-ring (bicyclic) bond motifs is 1. The Balaban J connectivity index is 1.55. The Morgan fingerprint density at radius 3 is 3.10 bits per heavy atom. The molecule has 0 saturated carbocycles. The van der Waals surface area contributed by atoms with Gasteiger partial charge in [-0.1, -0.05) is 6.07 Å². The number of amides is 1. The molecule has 6 heteroatoms. The van der Waals surface area contributed by atoms with Crippen molar-refractivity contribution in [3.8, 4) is 0 Å². The second kappa shape index (κ2) is 6.60. The van der Waals surface area contributed by atoms with Gasteiger partial charge in [-0.05, 0) is 36.6 Å². The quantitative estimate of drug-likeness (QED) is 0.745. The van der Waals surface area contributed by atoms with Crippen LogP contribution in [-0.2, 0) is 10.5 Å². The molecule has 0 aliphatic carbocycles. The SMILES string of the molecule is Cc1nc2ccc(NC(=O)CSCc3cccs3)cc2s1. The molecule has 0 aliphatic heterocycles. The Kier molecular flexibility index (Phi) is 4.57. The first-order valence-corrected chi connectivity index (χ1v) is 9.33. The molecule has 0 saturated heterocycles. The van der Waals surface area contributed by atoms with Gasteiger partial charge < -0.3 is 5.32 Å². The molecule has 0 radical (unpaired) electrons. The van der Waals surface area contributed by atoms with Crippen LogP contribution >= 0.6 is 34.4 Å². The Labute approximate surface area is 135 Å². The molecule has 0 aliphatic rings. The Bertz CT molecular complexity index is 749. The number of hydrogen-bond acceptors (Lipinski definition) is 5. The molecule has 1 amide bonds. The van der Waals surface area contributed by atoms with Crippen LogP contribution in [-0.4, -0.2) is 16.6 Å². The maximum atomic E-state index is 11.9. The standard InChI is InChI=1S/C15H14N2OS3/c1-10-16-13-5-4-11(7-14(13)21-10)17-15(18)9-19-8-12-3-2-6-20-12/h2-7H,8-9H2,1H3,(H,17,18). The summed E-state index contributed by atoms with van der Waals surface area (Å²) in [7, 11) is 0. The number of nitrogens with zero attached hydrogens (tertiary/aromatic N) is 1. The molecule has 0 unspecified atom stereocenters. The molecule has 0 spiro atoms. The maximum absolute atomic E-state index is 11.9. The van der Waals surface area contributed by atoms with Crippen molar-refractivity contribution in [1.29, 1.82) is 0 Å². The van der Waals surface area contributed by atoms with Gasteiger partial charge in [0.25, 0.3) is 0 Å². The number of aromatic nitrogens is 1. The fourth-order valence-corrected chi connectivity index (χ4v) is 4.49. The van der Waals surface area contributed by atoms with Gasteiger partial charge in [0, 0.05) is 16.3 Å². The fourth-order valence-electron chi connectivity index (χ4n) is 1.95. The van der Waals surface area contributed by atoms with Crippen LogP contribution in [0.25, 0.3) is 10.2 Å². The smallest absolute Gasteiger partial charge is 0.234 e. The van der Waals surface area contributed by atoms with Gasteiger partial charge in [-0.25, -0.2) is 4.98 Å². The number of rotatable bonds is 5. The summed E-state index contributed by atoms with van der Waals surface area (Å²) in [5.41, 5.74) is 1.83. The summed E-state index contributed by atoms with van der Waals surface area (Å²) < 4.78 is 1.11. The number of aryl methyl sites for hydroxylation is 1. The van der Waals surface area contributed by atoms with Gasteiger partial charge in [-0.15, -0.1) is 34.4 Å². The molecular formula is C15H14N2OS3. The zero-order valence-corrected chi connectivity index (χ0v) is 13.9. The van der Waals surface area contributed by atoms with E-state index in [1.165, 1.54) is 4.88 Å². The Hall–Kier alpha value is -1.37. The summed E-state index contributed by atoms with van der Waals surface area (Å²) in [6.45, 7) is 1.99. The van der Waals surface area contributed by atoms with E-state index in [4.69, 9.17) is 0 Å². The average Bonchev–Trinajstić information content (AvgIpc) is 3.06. The summed E-state index contributed by atoms with van der Waals surface area (Å²) in [5, 5.41) is 6.05. The van der Waals surface area contributed by atoms with Crippen LogP contribution in [0.15, 0.2) is 35.7 Å². The fraction of sp³-hybridized carbons (Fsp3) is 0.200. The molecule has 1 aromatic carbocycles. The molecule has 21 heavy (non-hydrogen) atoms. The normalized spacial score (nSPS) is 10.9. The first-order valence-electron chi connectivity index (χ1n) is 6.48. The van der Waals surface area contributed by atoms with E-state index in [1.54, 1.807) is 34.4 Å². The highest BCUT2D eigenvalue weighted by atomic mass is 32.2. The number of thiazole rings is 1. The molecule has 1 N–H and O–H groups in total. The lowest BCUT2D eigenvalue weighted by molar-refractivity contribution is -0.113. The van der Waals surface area contributed by atoms with Crippen LogP contribution in [0.2, 0.25) is 0 Å².